The van der Waals surface area contributed by atoms with Gasteiger partial charge in [-0.3, -0.25) is 9.59 Å². The molecular formula is C10H19N2O3. The molecule has 0 saturated carbocycles. The molecule has 0 bridgehead atoms. The van der Waals surface area contributed by atoms with Crippen molar-refractivity contribution < 1.29 is 14.8 Å². The van der Waals surface area contributed by atoms with E-state index in [1.807, 2.05) is 0 Å². The lowest BCUT2D eigenvalue weighted by Crippen LogP contribution is -2.42. The van der Waals surface area contributed by atoms with Gasteiger partial charge in [-0.2, -0.15) is 5.06 Å². The standard InChI is InChI=1S/C10H19N2O3/c1-7(2)9(13)11(5)6-12(15)10(14)8(3)4/h7-8H,6H2,1-5H3. The summed E-state index contributed by atoms with van der Waals surface area (Å²) in [6, 6.07) is 0. The van der Waals surface area contributed by atoms with Crippen molar-refractivity contribution in [1.82, 2.24) is 9.96 Å². The molecule has 0 heterocycles. The lowest BCUT2D eigenvalue weighted by atomic mass is 10.2. The minimum Gasteiger partial charge on any atom is -0.325 e. The fraction of sp³-hybridized carbons (Fsp3) is 0.800. The van der Waals surface area contributed by atoms with Crippen molar-refractivity contribution in [2.75, 3.05) is 13.7 Å². The average molecular weight is 215 g/mol. The number of nitrogens with zero attached hydrogens (tertiary/aromatic N) is 2. The molecule has 0 fully saturated rings. The maximum Gasteiger partial charge on any atom is 0.252 e. The van der Waals surface area contributed by atoms with Crippen LogP contribution in [0.3, 0.4) is 0 Å². The first kappa shape index (κ1) is 13.9. The van der Waals surface area contributed by atoms with Gasteiger partial charge in [0.25, 0.3) is 5.91 Å². The second kappa shape index (κ2) is 5.70. The Kier molecular flexibility index (Phi) is 5.28. The highest BCUT2D eigenvalue weighted by molar-refractivity contribution is 5.79. The molecule has 5 heteroatoms. The largest absolute Gasteiger partial charge is 0.325 e. The van der Waals surface area contributed by atoms with E-state index in [2.05, 4.69) is 0 Å². The number of carbonyl (C=O) groups excluding carboxylic acids is 2. The average Bonchev–Trinajstić information content (AvgIpc) is 2.14. The van der Waals surface area contributed by atoms with Crippen LogP contribution in [-0.2, 0) is 14.8 Å². The number of carbonyl (C=O) groups is 2. The van der Waals surface area contributed by atoms with Crippen molar-refractivity contribution in [3.8, 4) is 0 Å². The third-order valence-electron chi connectivity index (χ3n) is 1.95. The Bertz CT molecular complexity index is 215. The Morgan fingerprint density at radius 1 is 1.00 bits per heavy atom. The molecular weight excluding hydrogens is 196 g/mol. The predicted molar refractivity (Wildman–Crippen MR) is 54.8 cm³/mol. The van der Waals surface area contributed by atoms with E-state index in [0.29, 0.717) is 5.06 Å². The van der Waals surface area contributed by atoms with E-state index in [1.165, 1.54) is 11.9 Å². The van der Waals surface area contributed by atoms with E-state index in [0.717, 1.165) is 0 Å². The monoisotopic (exact) mass is 215 g/mol. The Labute approximate surface area is 90.6 Å². The van der Waals surface area contributed by atoms with E-state index in [-0.39, 0.29) is 24.4 Å². The molecule has 15 heavy (non-hydrogen) atoms. The van der Waals surface area contributed by atoms with Crippen LogP contribution in [0.5, 0.6) is 0 Å². The molecule has 0 N–H and O–H groups in total. The number of hydrogen-bond donors (Lipinski definition) is 0. The van der Waals surface area contributed by atoms with Gasteiger partial charge in [0.05, 0.1) is 0 Å². The van der Waals surface area contributed by atoms with Crippen LogP contribution in [0.4, 0.5) is 0 Å². The molecule has 0 atom stereocenters. The summed E-state index contributed by atoms with van der Waals surface area (Å²) >= 11 is 0. The highest BCUT2D eigenvalue weighted by Crippen LogP contribution is 2.03. The van der Waals surface area contributed by atoms with Crippen LogP contribution in [0.2, 0.25) is 0 Å². The molecule has 0 aliphatic rings. The van der Waals surface area contributed by atoms with Gasteiger partial charge in [-0.25, -0.2) is 0 Å². The van der Waals surface area contributed by atoms with Crippen LogP contribution in [-0.4, -0.2) is 35.5 Å². The van der Waals surface area contributed by atoms with Gasteiger partial charge in [0.2, 0.25) is 5.91 Å². The Balaban J connectivity index is 4.24. The summed E-state index contributed by atoms with van der Waals surface area (Å²) in [5, 5.41) is 11.6. The first-order chi connectivity index (χ1) is 6.77. The zero-order valence-electron chi connectivity index (χ0n) is 9.98. The minimum absolute atomic E-state index is 0.146. The summed E-state index contributed by atoms with van der Waals surface area (Å²) in [4.78, 5) is 23.9. The number of amides is 2. The first-order valence-electron chi connectivity index (χ1n) is 5.00. The van der Waals surface area contributed by atoms with Crippen molar-refractivity contribution >= 4 is 11.8 Å². The van der Waals surface area contributed by atoms with E-state index >= 15 is 0 Å². The van der Waals surface area contributed by atoms with Gasteiger partial charge in [0.15, 0.2) is 0 Å². The summed E-state index contributed by atoms with van der Waals surface area (Å²) in [6.45, 7) is 6.60. The molecule has 0 aromatic rings. The highest BCUT2D eigenvalue weighted by Gasteiger charge is 2.21. The van der Waals surface area contributed by atoms with Crippen LogP contribution in [0, 0.1) is 11.8 Å². The molecule has 0 saturated heterocycles. The van der Waals surface area contributed by atoms with Gasteiger partial charge < -0.3 is 4.90 Å². The molecule has 87 valence electrons. The van der Waals surface area contributed by atoms with Gasteiger partial charge in [-0.05, 0) is 0 Å². The van der Waals surface area contributed by atoms with Crippen LogP contribution in [0.1, 0.15) is 27.7 Å². The number of rotatable bonds is 4. The minimum atomic E-state index is -0.501. The Hall–Kier alpha value is -1.10. The van der Waals surface area contributed by atoms with Crippen LogP contribution in [0.15, 0.2) is 0 Å². The van der Waals surface area contributed by atoms with Gasteiger partial charge in [0, 0.05) is 18.9 Å². The van der Waals surface area contributed by atoms with Crippen molar-refractivity contribution in [2.45, 2.75) is 27.7 Å². The molecule has 2 amide bonds. The number of hydroxylamine groups is 2. The summed E-state index contributed by atoms with van der Waals surface area (Å²) in [7, 11) is 1.51. The van der Waals surface area contributed by atoms with Gasteiger partial charge in [-0.15, -0.1) is 0 Å². The lowest BCUT2D eigenvalue weighted by Gasteiger charge is -2.23. The maximum atomic E-state index is 11.4. The molecule has 0 aliphatic heterocycles. The molecule has 0 unspecified atom stereocenters. The van der Waals surface area contributed by atoms with Crippen molar-refractivity contribution in [3.05, 3.63) is 0 Å². The summed E-state index contributed by atoms with van der Waals surface area (Å²) in [6.07, 6.45) is 0. The summed E-state index contributed by atoms with van der Waals surface area (Å²) in [5.74, 6) is -1.16. The second-order valence-electron chi connectivity index (χ2n) is 4.20. The van der Waals surface area contributed by atoms with Gasteiger partial charge in [-0.1, -0.05) is 32.9 Å². The van der Waals surface area contributed by atoms with Crippen molar-refractivity contribution in [2.24, 2.45) is 11.8 Å². The normalized spacial score (nSPS) is 10.7. The maximum absolute atomic E-state index is 11.4. The van der Waals surface area contributed by atoms with Gasteiger partial charge >= 0.3 is 0 Å². The van der Waals surface area contributed by atoms with Crippen LogP contribution >= 0.6 is 0 Å². The molecule has 0 aromatic heterocycles. The Morgan fingerprint density at radius 2 is 1.40 bits per heavy atom. The summed E-state index contributed by atoms with van der Waals surface area (Å²) < 4.78 is 0. The van der Waals surface area contributed by atoms with Gasteiger partial charge in [0.1, 0.15) is 6.67 Å². The molecule has 0 aliphatic carbocycles. The third-order valence-corrected chi connectivity index (χ3v) is 1.95. The fourth-order valence-corrected chi connectivity index (χ4v) is 1.06. The molecule has 5 nitrogen and oxygen atoms in total. The topological polar surface area (TPSA) is 60.5 Å². The quantitative estimate of drug-likeness (QED) is 0.516. The molecule has 0 aromatic carbocycles. The number of hydrogen-bond acceptors (Lipinski definition) is 2. The summed E-state index contributed by atoms with van der Waals surface area (Å²) in [5.41, 5.74) is 0. The van der Waals surface area contributed by atoms with Crippen LogP contribution in [0.25, 0.3) is 0 Å². The first-order valence-corrected chi connectivity index (χ1v) is 5.00. The SMILES string of the molecule is CC(C)C(=O)N(C)CN([O])C(=O)C(C)C. The second-order valence-corrected chi connectivity index (χ2v) is 4.20. The molecule has 1 radical (unpaired) electrons. The highest BCUT2D eigenvalue weighted by atomic mass is 16.5. The zero-order valence-corrected chi connectivity index (χ0v) is 9.98. The third kappa shape index (κ3) is 4.29. The Morgan fingerprint density at radius 3 is 1.73 bits per heavy atom. The predicted octanol–water partition coefficient (Wildman–Crippen LogP) is 0.888. The van der Waals surface area contributed by atoms with E-state index in [9.17, 15) is 14.8 Å². The fourth-order valence-electron chi connectivity index (χ4n) is 1.06. The van der Waals surface area contributed by atoms with E-state index in [1.54, 1.807) is 27.7 Å². The smallest absolute Gasteiger partial charge is 0.252 e. The van der Waals surface area contributed by atoms with E-state index < -0.39 is 5.91 Å². The zero-order chi connectivity index (χ0) is 12.2. The lowest BCUT2D eigenvalue weighted by molar-refractivity contribution is -0.202. The van der Waals surface area contributed by atoms with Crippen molar-refractivity contribution in [1.29, 1.82) is 0 Å². The van der Waals surface area contributed by atoms with Crippen LogP contribution < -0.4 is 0 Å². The molecule has 0 spiro atoms. The molecule has 0 rings (SSSR count). The van der Waals surface area contributed by atoms with E-state index in [4.69, 9.17) is 0 Å². The van der Waals surface area contributed by atoms with Crippen molar-refractivity contribution in [3.63, 3.8) is 0 Å².